The molecule has 5 nitrogen and oxygen atoms in total. The molecule has 0 saturated heterocycles. The van der Waals surface area contributed by atoms with E-state index in [1.807, 2.05) is 73.7 Å². The van der Waals surface area contributed by atoms with Crippen molar-refractivity contribution in [2.45, 2.75) is 12.1 Å². The standard InChI is InChI=1S/C23H18IN3O2S/c1-15-13-16(24)11-12-19(15)25-21(28)14-30-23-26-20-10-6-5-9-18(20)22(29)27(23)17-7-3-2-4-8-17/h2-13H,14H2,1H3,(H,25,28). The van der Waals surface area contributed by atoms with Crippen molar-refractivity contribution in [1.82, 2.24) is 9.55 Å². The van der Waals surface area contributed by atoms with Gasteiger partial charge in [-0.1, -0.05) is 42.1 Å². The molecule has 1 N–H and O–H groups in total. The van der Waals surface area contributed by atoms with Gasteiger partial charge in [0.05, 0.1) is 22.3 Å². The highest BCUT2D eigenvalue weighted by Gasteiger charge is 2.15. The monoisotopic (exact) mass is 527 g/mol. The maximum Gasteiger partial charge on any atom is 0.266 e. The second kappa shape index (κ2) is 9.01. The van der Waals surface area contributed by atoms with Crippen molar-refractivity contribution >= 4 is 56.9 Å². The van der Waals surface area contributed by atoms with Crippen molar-refractivity contribution in [2.24, 2.45) is 0 Å². The number of anilines is 1. The van der Waals surface area contributed by atoms with E-state index in [1.54, 1.807) is 10.6 Å². The summed E-state index contributed by atoms with van der Waals surface area (Å²) in [7, 11) is 0. The highest BCUT2D eigenvalue weighted by molar-refractivity contribution is 14.1. The number of rotatable bonds is 5. The van der Waals surface area contributed by atoms with E-state index in [1.165, 1.54) is 11.8 Å². The number of halogens is 1. The number of aromatic nitrogens is 2. The molecule has 4 rings (SSSR count). The molecule has 0 aliphatic rings. The van der Waals surface area contributed by atoms with Gasteiger partial charge in [0.25, 0.3) is 5.56 Å². The van der Waals surface area contributed by atoms with E-state index < -0.39 is 0 Å². The number of benzene rings is 3. The molecule has 0 aliphatic heterocycles. The number of carbonyl (C=O) groups is 1. The Balaban J connectivity index is 1.65. The fraction of sp³-hybridized carbons (Fsp3) is 0.0870. The van der Waals surface area contributed by atoms with Crippen molar-refractivity contribution in [1.29, 1.82) is 0 Å². The van der Waals surface area contributed by atoms with Crippen molar-refractivity contribution in [3.05, 3.63) is 92.3 Å². The molecule has 0 fully saturated rings. The predicted octanol–water partition coefficient (Wildman–Crippen LogP) is 5.03. The lowest BCUT2D eigenvalue weighted by atomic mass is 10.2. The van der Waals surface area contributed by atoms with Crippen molar-refractivity contribution in [3.8, 4) is 5.69 Å². The predicted molar refractivity (Wildman–Crippen MR) is 131 cm³/mol. The molecule has 30 heavy (non-hydrogen) atoms. The van der Waals surface area contributed by atoms with Crippen LogP contribution in [0.5, 0.6) is 0 Å². The average molecular weight is 527 g/mol. The Morgan fingerprint density at radius 3 is 2.57 bits per heavy atom. The van der Waals surface area contributed by atoms with Crippen LogP contribution in [-0.4, -0.2) is 21.2 Å². The van der Waals surface area contributed by atoms with Crippen LogP contribution in [0.25, 0.3) is 16.6 Å². The van der Waals surface area contributed by atoms with Crippen LogP contribution in [0.1, 0.15) is 5.56 Å². The van der Waals surface area contributed by atoms with Crippen LogP contribution in [0, 0.1) is 10.5 Å². The average Bonchev–Trinajstić information content (AvgIpc) is 2.75. The Labute approximate surface area is 191 Å². The first-order chi connectivity index (χ1) is 14.5. The summed E-state index contributed by atoms with van der Waals surface area (Å²) in [5.41, 5.74) is 2.98. The molecule has 150 valence electrons. The van der Waals surface area contributed by atoms with E-state index in [0.717, 1.165) is 20.5 Å². The van der Waals surface area contributed by atoms with Crippen LogP contribution in [0.3, 0.4) is 0 Å². The SMILES string of the molecule is Cc1cc(I)ccc1NC(=O)CSc1nc2ccccc2c(=O)n1-c1ccccc1. The number of nitrogens with zero attached hydrogens (tertiary/aromatic N) is 2. The minimum absolute atomic E-state index is 0.142. The first kappa shape index (κ1) is 20.6. The summed E-state index contributed by atoms with van der Waals surface area (Å²) in [6.45, 7) is 1.96. The highest BCUT2D eigenvalue weighted by Crippen LogP contribution is 2.22. The van der Waals surface area contributed by atoms with E-state index in [0.29, 0.717) is 16.1 Å². The van der Waals surface area contributed by atoms with Crippen LogP contribution in [0.2, 0.25) is 0 Å². The van der Waals surface area contributed by atoms with Crippen LogP contribution < -0.4 is 10.9 Å². The van der Waals surface area contributed by atoms with Gasteiger partial charge in [-0.2, -0.15) is 0 Å². The Morgan fingerprint density at radius 2 is 1.80 bits per heavy atom. The lowest BCUT2D eigenvalue weighted by Gasteiger charge is -2.13. The first-order valence-electron chi connectivity index (χ1n) is 9.29. The van der Waals surface area contributed by atoms with Gasteiger partial charge in [-0.05, 0) is 77.5 Å². The maximum absolute atomic E-state index is 13.2. The number of aryl methyl sites for hydroxylation is 1. The number of amides is 1. The topological polar surface area (TPSA) is 64.0 Å². The minimum atomic E-state index is -0.150. The van der Waals surface area contributed by atoms with Crippen LogP contribution in [-0.2, 0) is 4.79 Å². The van der Waals surface area contributed by atoms with Gasteiger partial charge in [0, 0.05) is 9.26 Å². The molecule has 0 saturated carbocycles. The minimum Gasteiger partial charge on any atom is -0.325 e. The normalized spacial score (nSPS) is 10.9. The van der Waals surface area contributed by atoms with E-state index in [2.05, 4.69) is 32.9 Å². The number of nitrogens with one attached hydrogen (secondary N) is 1. The molecule has 4 aromatic rings. The first-order valence-corrected chi connectivity index (χ1v) is 11.4. The Kier molecular flexibility index (Phi) is 6.19. The molecule has 1 aromatic heterocycles. The summed E-state index contributed by atoms with van der Waals surface area (Å²) >= 11 is 3.49. The number of hydrogen-bond donors (Lipinski definition) is 1. The van der Waals surface area contributed by atoms with E-state index in [4.69, 9.17) is 0 Å². The Bertz CT molecular complexity index is 1290. The van der Waals surface area contributed by atoms with Crippen LogP contribution in [0.15, 0.2) is 82.7 Å². The second-order valence-electron chi connectivity index (χ2n) is 6.68. The van der Waals surface area contributed by atoms with Crippen molar-refractivity contribution < 1.29 is 4.79 Å². The summed E-state index contributed by atoms with van der Waals surface area (Å²) in [6, 6.07) is 22.5. The van der Waals surface area contributed by atoms with Gasteiger partial charge in [-0.15, -0.1) is 0 Å². The second-order valence-corrected chi connectivity index (χ2v) is 8.87. The van der Waals surface area contributed by atoms with E-state index in [9.17, 15) is 9.59 Å². The maximum atomic E-state index is 13.2. The van der Waals surface area contributed by atoms with Crippen molar-refractivity contribution in [2.75, 3.05) is 11.1 Å². The molecule has 0 atom stereocenters. The molecule has 7 heteroatoms. The van der Waals surface area contributed by atoms with Crippen molar-refractivity contribution in [3.63, 3.8) is 0 Å². The van der Waals surface area contributed by atoms with Crippen LogP contribution in [0.4, 0.5) is 5.69 Å². The number of carbonyl (C=O) groups excluding carboxylic acids is 1. The summed E-state index contributed by atoms with van der Waals surface area (Å²) in [4.78, 5) is 30.4. The van der Waals surface area contributed by atoms with Gasteiger partial charge in [0.15, 0.2) is 5.16 Å². The summed E-state index contributed by atoms with van der Waals surface area (Å²) < 4.78 is 2.68. The molecular formula is C23H18IN3O2S. The van der Waals surface area contributed by atoms with Gasteiger partial charge in [-0.25, -0.2) is 4.98 Å². The molecule has 0 aliphatic carbocycles. The lowest BCUT2D eigenvalue weighted by Crippen LogP contribution is -2.23. The summed E-state index contributed by atoms with van der Waals surface area (Å²) in [5, 5.41) is 3.97. The zero-order valence-corrected chi connectivity index (χ0v) is 19.1. The molecule has 0 radical (unpaired) electrons. The van der Waals surface area contributed by atoms with Gasteiger partial charge in [0.2, 0.25) is 5.91 Å². The fourth-order valence-corrected chi connectivity index (χ4v) is 4.56. The quantitative estimate of drug-likeness (QED) is 0.225. The zero-order valence-electron chi connectivity index (χ0n) is 16.1. The number of fused-ring (bicyclic) bond motifs is 1. The van der Waals surface area contributed by atoms with Gasteiger partial charge >= 0.3 is 0 Å². The van der Waals surface area contributed by atoms with E-state index >= 15 is 0 Å². The lowest BCUT2D eigenvalue weighted by molar-refractivity contribution is -0.113. The number of thioether (sulfide) groups is 1. The highest BCUT2D eigenvalue weighted by atomic mass is 127. The molecule has 3 aromatic carbocycles. The molecule has 0 unspecified atom stereocenters. The third kappa shape index (κ3) is 4.41. The molecular weight excluding hydrogens is 509 g/mol. The Morgan fingerprint density at radius 1 is 1.07 bits per heavy atom. The number of para-hydroxylation sites is 2. The van der Waals surface area contributed by atoms with Gasteiger partial charge < -0.3 is 5.32 Å². The van der Waals surface area contributed by atoms with E-state index in [-0.39, 0.29) is 17.2 Å². The smallest absolute Gasteiger partial charge is 0.266 e. The Hall–Kier alpha value is -2.65. The van der Waals surface area contributed by atoms with Gasteiger partial charge in [-0.3, -0.25) is 14.2 Å². The fourth-order valence-electron chi connectivity index (χ4n) is 3.10. The zero-order chi connectivity index (χ0) is 21.1. The molecule has 1 amide bonds. The summed E-state index contributed by atoms with van der Waals surface area (Å²) in [5.74, 6) is -0.00501. The molecule has 1 heterocycles. The molecule has 0 bridgehead atoms. The third-order valence-electron chi connectivity index (χ3n) is 4.55. The van der Waals surface area contributed by atoms with Crippen LogP contribution >= 0.6 is 34.4 Å². The molecule has 0 spiro atoms. The number of hydrogen-bond acceptors (Lipinski definition) is 4. The third-order valence-corrected chi connectivity index (χ3v) is 6.16. The van der Waals surface area contributed by atoms with Gasteiger partial charge in [0.1, 0.15) is 0 Å². The largest absolute Gasteiger partial charge is 0.325 e. The summed E-state index contributed by atoms with van der Waals surface area (Å²) in [6.07, 6.45) is 0.